The van der Waals surface area contributed by atoms with E-state index in [9.17, 15) is 9.59 Å². The number of amides is 1. The second kappa shape index (κ2) is 5.60. The van der Waals surface area contributed by atoms with E-state index in [1.54, 1.807) is 20.8 Å². The molecule has 104 valence electrons. The molecule has 0 aliphatic heterocycles. The maximum absolute atomic E-state index is 11.6. The first kappa shape index (κ1) is 14.8. The fraction of sp³-hybridized carbons (Fsp3) is 0.385. The Morgan fingerprint density at radius 1 is 1.26 bits per heavy atom. The molecule has 0 unspecified atom stereocenters. The number of hydrogen-bond acceptors (Lipinski definition) is 5. The molecule has 1 rings (SSSR count). The van der Waals surface area contributed by atoms with E-state index in [0.717, 1.165) is 0 Å². The number of nitrogen functional groups attached to an aromatic ring is 1. The molecule has 6 heteroatoms. The lowest BCUT2D eigenvalue weighted by atomic mass is 10.1. The van der Waals surface area contributed by atoms with Gasteiger partial charge >= 0.3 is 12.1 Å². The molecule has 0 radical (unpaired) electrons. The van der Waals surface area contributed by atoms with Crippen LogP contribution in [0.1, 0.15) is 31.1 Å². The number of ether oxygens (including phenoxy) is 2. The maximum Gasteiger partial charge on any atom is 0.412 e. The molecular formula is C13H18N2O4. The monoisotopic (exact) mass is 266 g/mol. The molecule has 0 aliphatic rings. The van der Waals surface area contributed by atoms with Crippen LogP contribution in [0.25, 0.3) is 0 Å². The first-order valence-electron chi connectivity index (χ1n) is 5.71. The second-order valence-corrected chi connectivity index (χ2v) is 4.92. The molecule has 0 saturated heterocycles. The molecule has 0 spiro atoms. The Kier molecular flexibility index (Phi) is 4.37. The van der Waals surface area contributed by atoms with Crippen LogP contribution in [0.3, 0.4) is 0 Å². The van der Waals surface area contributed by atoms with Gasteiger partial charge in [-0.05, 0) is 39.0 Å². The summed E-state index contributed by atoms with van der Waals surface area (Å²) in [5.74, 6) is -0.507. The van der Waals surface area contributed by atoms with Crippen LogP contribution in [0.5, 0.6) is 0 Å². The molecule has 1 aromatic rings. The number of hydrogen-bond donors (Lipinski definition) is 2. The van der Waals surface area contributed by atoms with E-state index < -0.39 is 17.7 Å². The third kappa shape index (κ3) is 4.50. The molecule has 6 nitrogen and oxygen atoms in total. The molecule has 1 amide bonds. The molecule has 0 fully saturated rings. The summed E-state index contributed by atoms with van der Waals surface area (Å²) in [5, 5.41) is 2.49. The molecule has 0 aromatic heterocycles. The molecule has 19 heavy (non-hydrogen) atoms. The number of rotatable bonds is 2. The lowest BCUT2D eigenvalue weighted by Crippen LogP contribution is -2.27. The molecule has 0 saturated carbocycles. The summed E-state index contributed by atoms with van der Waals surface area (Å²) in [7, 11) is 1.28. The Morgan fingerprint density at radius 3 is 2.42 bits per heavy atom. The van der Waals surface area contributed by atoms with Crippen molar-refractivity contribution in [2.24, 2.45) is 0 Å². The average Bonchev–Trinajstić information content (AvgIpc) is 2.28. The lowest BCUT2D eigenvalue weighted by Gasteiger charge is -2.20. The van der Waals surface area contributed by atoms with Gasteiger partial charge in [0.05, 0.1) is 24.0 Å². The van der Waals surface area contributed by atoms with Crippen molar-refractivity contribution in [3.05, 3.63) is 23.8 Å². The predicted octanol–water partition coefficient (Wildman–Crippen LogP) is 2.40. The third-order valence-electron chi connectivity index (χ3n) is 2.11. The number of anilines is 2. The van der Waals surface area contributed by atoms with Crippen molar-refractivity contribution >= 4 is 23.4 Å². The largest absolute Gasteiger partial charge is 0.465 e. The zero-order chi connectivity index (χ0) is 14.6. The van der Waals surface area contributed by atoms with E-state index in [1.807, 2.05) is 0 Å². The number of benzene rings is 1. The fourth-order valence-corrected chi connectivity index (χ4v) is 1.32. The van der Waals surface area contributed by atoms with Gasteiger partial charge in [0.2, 0.25) is 0 Å². The van der Waals surface area contributed by atoms with Gasteiger partial charge in [0.1, 0.15) is 5.60 Å². The number of carbonyl (C=O) groups excluding carboxylic acids is 2. The summed E-state index contributed by atoms with van der Waals surface area (Å²) >= 11 is 0. The van der Waals surface area contributed by atoms with Crippen LogP contribution >= 0.6 is 0 Å². The molecular weight excluding hydrogens is 248 g/mol. The zero-order valence-corrected chi connectivity index (χ0v) is 11.4. The van der Waals surface area contributed by atoms with Gasteiger partial charge in [0, 0.05) is 0 Å². The van der Waals surface area contributed by atoms with Gasteiger partial charge in [0.15, 0.2) is 0 Å². The highest BCUT2D eigenvalue weighted by Gasteiger charge is 2.17. The third-order valence-corrected chi connectivity index (χ3v) is 2.11. The van der Waals surface area contributed by atoms with Crippen LogP contribution in [-0.2, 0) is 9.47 Å². The zero-order valence-electron chi connectivity index (χ0n) is 11.4. The molecule has 3 N–H and O–H groups in total. The van der Waals surface area contributed by atoms with Crippen molar-refractivity contribution in [2.75, 3.05) is 18.2 Å². The molecule has 0 atom stereocenters. The number of methoxy groups -OCH3 is 1. The van der Waals surface area contributed by atoms with Gasteiger partial charge in [-0.3, -0.25) is 5.32 Å². The van der Waals surface area contributed by atoms with E-state index in [1.165, 1.54) is 25.3 Å². The van der Waals surface area contributed by atoms with E-state index in [2.05, 4.69) is 10.1 Å². The van der Waals surface area contributed by atoms with Crippen molar-refractivity contribution in [1.82, 2.24) is 0 Å². The summed E-state index contributed by atoms with van der Waals surface area (Å²) in [6.07, 6.45) is -0.638. The molecule has 0 bridgehead atoms. The van der Waals surface area contributed by atoms with Crippen LogP contribution in [0.4, 0.5) is 16.2 Å². The highest BCUT2D eigenvalue weighted by atomic mass is 16.6. The van der Waals surface area contributed by atoms with E-state index in [0.29, 0.717) is 16.9 Å². The van der Waals surface area contributed by atoms with Crippen LogP contribution in [0, 0.1) is 0 Å². The minimum Gasteiger partial charge on any atom is -0.465 e. The van der Waals surface area contributed by atoms with Gasteiger partial charge in [-0.15, -0.1) is 0 Å². The van der Waals surface area contributed by atoms with Gasteiger partial charge in [-0.2, -0.15) is 0 Å². The highest BCUT2D eigenvalue weighted by Crippen LogP contribution is 2.21. The first-order valence-corrected chi connectivity index (χ1v) is 5.71. The SMILES string of the molecule is COC(=O)c1ccc(N)c(NC(=O)OC(C)(C)C)c1. The lowest BCUT2D eigenvalue weighted by molar-refractivity contribution is 0.0596. The van der Waals surface area contributed by atoms with Gasteiger partial charge in [-0.1, -0.05) is 0 Å². The normalized spacial score (nSPS) is 10.7. The first-order chi connectivity index (χ1) is 8.73. The number of nitrogens with one attached hydrogen (secondary N) is 1. The van der Waals surface area contributed by atoms with Gasteiger partial charge < -0.3 is 15.2 Å². The maximum atomic E-state index is 11.6. The van der Waals surface area contributed by atoms with Crippen molar-refractivity contribution in [3.8, 4) is 0 Å². The summed E-state index contributed by atoms with van der Waals surface area (Å²) in [5.41, 5.74) is 6.04. The molecule has 0 aliphatic carbocycles. The van der Waals surface area contributed by atoms with Crippen LogP contribution in [-0.4, -0.2) is 24.8 Å². The van der Waals surface area contributed by atoms with E-state index in [4.69, 9.17) is 10.5 Å². The van der Waals surface area contributed by atoms with Crippen molar-refractivity contribution < 1.29 is 19.1 Å². The highest BCUT2D eigenvalue weighted by molar-refractivity contribution is 5.95. The van der Waals surface area contributed by atoms with Crippen molar-refractivity contribution in [1.29, 1.82) is 0 Å². The Balaban J connectivity index is 2.88. The topological polar surface area (TPSA) is 90.6 Å². The van der Waals surface area contributed by atoms with Crippen molar-refractivity contribution in [2.45, 2.75) is 26.4 Å². The minimum atomic E-state index is -0.638. The van der Waals surface area contributed by atoms with E-state index >= 15 is 0 Å². The summed E-state index contributed by atoms with van der Waals surface area (Å²) in [6.45, 7) is 5.25. The van der Waals surface area contributed by atoms with Gasteiger partial charge in [-0.25, -0.2) is 9.59 Å². The quantitative estimate of drug-likeness (QED) is 0.633. The summed E-state index contributed by atoms with van der Waals surface area (Å²) in [4.78, 5) is 23.0. The van der Waals surface area contributed by atoms with E-state index in [-0.39, 0.29) is 0 Å². The minimum absolute atomic E-state index is 0.294. The number of carbonyl (C=O) groups is 2. The summed E-state index contributed by atoms with van der Waals surface area (Å²) < 4.78 is 9.69. The number of esters is 1. The Hall–Kier alpha value is -2.24. The molecule has 1 aromatic carbocycles. The Labute approximate surface area is 111 Å². The van der Waals surface area contributed by atoms with Gasteiger partial charge in [0.25, 0.3) is 0 Å². The molecule has 0 heterocycles. The Bertz CT molecular complexity index is 492. The van der Waals surface area contributed by atoms with Crippen LogP contribution in [0.15, 0.2) is 18.2 Å². The summed E-state index contributed by atoms with van der Waals surface area (Å²) in [6, 6.07) is 4.46. The fourth-order valence-electron chi connectivity index (χ4n) is 1.32. The van der Waals surface area contributed by atoms with Crippen LogP contribution < -0.4 is 11.1 Å². The predicted molar refractivity (Wildman–Crippen MR) is 72.1 cm³/mol. The van der Waals surface area contributed by atoms with Crippen LogP contribution in [0.2, 0.25) is 0 Å². The number of nitrogens with two attached hydrogens (primary N) is 1. The second-order valence-electron chi connectivity index (χ2n) is 4.92. The van der Waals surface area contributed by atoms with Crippen molar-refractivity contribution in [3.63, 3.8) is 0 Å². The smallest absolute Gasteiger partial charge is 0.412 e. The Morgan fingerprint density at radius 2 is 1.89 bits per heavy atom. The average molecular weight is 266 g/mol. The standard InChI is InChI=1S/C13H18N2O4/c1-13(2,3)19-12(17)15-10-7-8(11(16)18-4)5-6-9(10)14/h5-7H,14H2,1-4H3,(H,15,17).